The van der Waals surface area contributed by atoms with Crippen molar-refractivity contribution < 1.29 is 4.74 Å². The fraction of sp³-hybridized carbons (Fsp3) is 0. The SMILES string of the molecule is c1ccc([Si](c2ccccc2)(c2ccccc2)c2cccc(-c3ccc4c(c3)-c3cc(-n5c6ccccc6c6ccccc65)cc5c3B(S4)c3ccccc3O5)c2)cc1. The summed E-state index contributed by atoms with van der Waals surface area (Å²) in [5.41, 5.74) is 10.8. The van der Waals surface area contributed by atoms with E-state index in [4.69, 9.17) is 4.74 Å². The summed E-state index contributed by atoms with van der Waals surface area (Å²) in [5, 5.41) is 7.97. The van der Waals surface area contributed by atoms with E-state index in [1.165, 1.54) is 80.6 Å². The zero-order valence-electron chi connectivity index (χ0n) is 32.1. The minimum Gasteiger partial charge on any atom is -0.458 e. The maximum absolute atomic E-state index is 6.87. The Hall–Kier alpha value is -6.79. The van der Waals surface area contributed by atoms with Crippen molar-refractivity contribution >= 4 is 79.2 Å². The van der Waals surface area contributed by atoms with E-state index < -0.39 is 8.07 Å². The summed E-state index contributed by atoms with van der Waals surface area (Å²) in [6, 6.07) is 80.7. The van der Waals surface area contributed by atoms with E-state index in [1.54, 1.807) is 0 Å². The summed E-state index contributed by atoms with van der Waals surface area (Å²) in [5.74, 6) is 1.99. The van der Waals surface area contributed by atoms with Crippen molar-refractivity contribution in [3.63, 3.8) is 0 Å². The third kappa shape index (κ3) is 5.28. The molecule has 12 rings (SSSR count). The molecule has 0 fully saturated rings. The second-order valence-corrected chi connectivity index (χ2v) is 20.5. The molecule has 0 N–H and O–H groups in total. The molecule has 2 aliphatic heterocycles. The smallest absolute Gasteiger partial charge is 0.289 e. The summed E-state index contributed by atoms with van der Waals surface area (Å²) in [4.78, 5) is 1.28. The van der Waals surface area contributed by atoms with Gasteiger partial charge < -0.3 is 9.30 Å². The number of hydrogen-bond acceptors (Lipinski definition) is 2. The van der Waals surface area contributed by atoms with Crippen LogP contribution in [0.25, 0.3) is 49.7 Å². The highest BCUT2D eigenvalue weighted by Crippen LogP contribution is 2.46. The van der Waals surface area contributed by atoms with Crippen LogP contribution in [-0.4, -0.2) is 18.6 Å². The molecule has 5 heteroatoms. The fourth-order valence-electron chi connectivity index (χ4n) is 9.85. The maximum Gasteiger partial charge on any atom is 0.289 e. The Kier molecular flexibility index (Phi) is 7.94. The van der Waals surface area contributed by atoms with Crippen LogP contribution in [0.1, 0.15) is 0 Å². The van der Waals surface area contributed by atoms with Gasteiger partial charge in [0.2, 0.25) is 0 Å². The molecule has 0 bridgehead atoms. The molecule has 0 saturated carbocycles. The normalized spacial score (nSPS) is 12.8. The second-order valence-electron chi connectivity index (χ2n) is 15.6. The lowest BCUT2D eigenvalue weighted by Crippen LogP contribution is -2.74. The minimum atomic E-state index is -2.70. The predicted octanol–water partition coefficient (Wildman–Crippen LogP) is 9.81. The van der Waals surface area contributed by atoms with Gasteiger partial charge in [0.15, 0.2) is 8.07 Å². The lowest BCUT2D eigenvalue weighted by molar-refractivity contribution is 0.487. The van der Waals surface area contributed by atoms with Gasteiger partial charge in [0.1, 0.15) is 11.5 Å². The molecule has 3 heterocycles. The fourth-order valence-corrected chi connectivity index (χ4v) is 16.0. The third-order valence-corrected chi connectivity index (χ3v) is 18.5. The molecule has 10 aromatic rings. The van der Waals surface area contributed by atoms with Crippen LogP contribution >= 0.6 is 11.6 Å². The summed E-state index contributed by atoms with van der Waals surface area (Å²) >= 11 is 1.94. The zero-order chi connectivity index (χ0) is 38.9. The average molecular weight is 786 g/mol. The average Bonchev–Trinajstić information content (AvgIpc) is 3.65. The Morgan fingerprint density at radius 1 is 0.424 bits per heavy atom. The molecule has 0 unspecified atom stereocenters. The first-order valence-electron chi connectivity index (χ1n) is 20.3. The highest BCUT2D eigenvalue weighted by molar-refractivity contribution is 8.28. The van der Waals surface area contributed by atoms with Crippen LogP contribution in [0, 0.1) is 0 Å². The Morgan fingerprint density at radius 3 is 1.64 bits per heavy atom. The van der Waals surface area contributed by atoms with E-state index in [-0.39, 0.29) is 5.99 Å². The highest BCUT2D eigenvalue weighted by Gasteiger charge is 2.42. The number of aromatic nitrogens is 1. The lowest BCUT2D eigenvalue weighted by atomic mass is 9.57. The van der Waals surface area contributed by atoms with Crippen molar-refractivity contribution in [2.24, 2.45) is 0 Å². The summed E-state index contributed by atoms with van der Waals surface area (Å²) in [7, 11) is -2.70. The first kappa shape index (κ1) is 34.3. The molecule has 0 radical (unpaired) electrons. The number of fused-ring (bicyclic) bond motifs is 7. The van der Waals surface area contributed by atoms with Gasteiger partial charge in [-0.25, -0.2) is 0 Å². The summed E-state index contributed by atoms with van der Waals surface area (Å²) in [6.45, 7) is 0. The monoisotopic (exact) mass is 785 g/mol. The molecular weight excluding hydrogens is 750 g/mol. The molecule has 1 aromatic heterocycles. The van der Waals surface area contributed by atoms with Gasteiger partial charge in [-0.2, -0.15) is 11.6 Å². The Bertz CT molecular complexity index is 3090. The number of rotatable bonds is 6. The van der Waals surface area contributed by atoms with Crippen LogP contribution in [-0.2, 0) is 0 Å². The minimum absolute atomic E-state index is 0.132. The molecule has 0 saturated heterocycles. The first-order chi connectivity index (χ1) is 29.3. The topological polar surface area (TPSA) is 14.2 Å². The Labute approximate surface area is 349 Å². The standard InChI is InChI=1S/C54H36BNOSSi/c1-4-18-40(19-5-1)59(41-20-6-2-7-21-41,42-22-8-3-9-23-42)43-24-16-17-37(33-43)38-31-32-53-46(34-38)47-35-39(36-52-54(47)55(58-53)48-27-12-15-30-51(48)57-52)56-49-28-13-10-25-44(49)45-26-11-14-29-50(45)56/h1-36H. The van der Waals surface area contributed by atoms with E-state index in [9.17, 15) is 0 Å². The van der Waals surface area contributed by atoms with Crippen LogP contribution in [0.3, 0.4) is 0 Å². The van der Waals surface area contributed by atoms with Crippen LogP contribution in [0.2, 0.25) is 0 Å². The van der Waals surface area contributed by atoms with Gasteiger partial charge in [0.25, 0.3) is 5.99 Å². The Balaban J connectivity index is 1.07. The van der Waals surface area contributed by atoms with Crippen molar-refractivity contribution in [3.8, 4) is 39.4 Å². The van der Waals surface area contributed by atoms with Crippen molar-refractivity contribution in [1.29, 1.82) is 0 Å². The van der Waals surface area contributed by atoms with Crippen molar-refractivity contribution in [3.05, 3.63) is 218 Å². The maximum atomic E-state index is 6.87. The Morgan fingerprint density at radius 2 is 0.983 bits per heavy atom. The second kappa shape index (κ2) is 13.7. The third-order valence-electron chi connectivity index (χ3n) is 12.4. The number of benzene rings is 9. The summed E-state index contributed by atoms with van der Waals surface area (Å²) in [6.07, 6.45) is 0. The predicted molar refractivity (Wildman–Crippen MR) is 253 cm³/mol. The van der Waals surface area contributed by atoms with Gasteiger partial charge in [0, 0.05) is 21.7 Å². The largest absolute Gasteiger partial charge is 0.458 e. The molecular formula is C54H36BNOSSi. The number of nitrogens with zero attached hydrogens (tertiary/aromatic N) is 1. The van der Waals surface area contributed by atoms with Crippen LogP contribution in [0.4, 0.5) is 0 Å². The summed E-state index contributed by atoms with van der Waals surface area (Å²) < 4.78 is 9.29. The van der Waals surface area contributed by atoms with Crippen LogP contribution in [0.15, 0.2) is 223 Å². The van der Waals surface area contributed by atoms with E-state index in [1.807, 2.05) is 11.6 Å². The molecule has 59 heavy (non-hydrogen) atoms. The molecule has 9 aromatic carbocycles. The lowest BCUT2D eigenvalue weighted by Gasteiger charge is -2.35. The van der Waals surface area contributed by atoms with Crippen molar-refractivity contribution in [2.75, 3.05) is 0 Å². The van der Waals surface area contributed by atoms with E-state index in [2.05, 4.69) is 223 Å². The number of ether oxygens (including phenoxy) is 1. The molecule has 0 aliphatic carbocycles. The quantitative estimate of drug-likeness (QED) is 0.123. The van der Waals surface area contributed by atoms with Crippen LogP contribution in [0.5, 0.6) is 11.5 Å². The molecule has 2 aliphatic rings. The molecule has 0 spiro atoms. The van der Waals surface area contributed by atoms with Gasteiger partial charge >= 0.3 is 0 Å². The molecule has 0 amide bonds. The van der Waals surface area contributed by atoms with Crippen molar-refractivity contribution in [1.82, 2.24) is 4.57 Å². The van der Waals surface area contributed by atoms with Gasteiger partial charge in [-0.05, 0) is 90.3 Å². The first-order valence-corrected chi connectivity index (χ1v) is 23.2. The molecule has 276 valence electrons. The van der Waals surface area contributed by atoms with Gasteiger partial charge in [-0.3, -0.25) is 0 Å². The van der Waals surface area contributed by atoms with E-state index in [0.717, 1.165) is 17.2 Å². The van der Waals surface area contributed by atoms with Crippen LogP contribution < -0.4 is 36.4 Å². The molecule has 0 atom stereocenters. The molecule has 2 nitrogen and oxygen atoms in total. The highest BCUT2D eigenvalue weighted by atomic mass is 32.2. The zero-order valence-corrected chi connectivity index (χ0v) is 33.9. The van der Waals surface area contributed by atoms with Gasteiger partial charge in [0.05, 0.1) is 16.7 Å². The van der Waals surface area contributed by atoms with E-state index in [0.29, 0.717) is 0 Å². The van der Waals surface area contributed by atoms with E-state index >= 15 is 0 Å². The van der Waals surface area contributed by atoms with Gasteiger partial charge in [-0.15, -0.1) is 0 Å². The van der Waals surface area contributed by atoms with Gasteiger partial charge in [-0.1, -0.05) is 176 Å². The number of para-hydroxylation sites is 3. The number of hydrogen-bond donors (Lipinski definition) is 0. The van der Waals surface area contributed by atoms with Crippen molar-refractivity contribution in [2.45, 2.75) is 4.90 Å².